The van der Waals surface area contributed by atoms with E-state index in [0.717, 1.165) is 47.5 Å². The molecule has 0 fully saturated rings. The van der Waals surface area contributed by atoms with Crippen LogP contribution in [-0.4, -0.2) is 56.2 Å². The zero-order valence-corrected chi connectivity index (χ0v) is 20.3. The van der Waals surface area contributed by atoms with Crippen molar-refractivity contribution in [1.82, 2.24) is 9.88 Å². The molecule has 32 heavy (non-hydrogen) atoms. The minimum Gasteiger partial charge on any atom is -0.494 e. The SMILES string of the molecule is CCCCOc1cccc(C(=O)N(CCCN(C)C)c2nc3ccc(OCC)cc3s2)c1. The summed E-state index contributed by atoms with van der Waals surface area (Å²) < 4.78 is 12.4. The number of amides is 1. The van der Waals surface area contributed by atoms with Gasteiger partial charge in [-0.1, -0.05) is 30.7 Å². The third-order valence-electron chi connectivity index (χ3n) is 4.97. The number of hydrogen-bond donors (Lipinski definition) is 0. The van der Waals surface area contributed by atoms with Crippen LogP contribution < -0.4 is 14.4 Å². The van der Waals surface area contributed by atoms with Gasteiger partial charge in [0.2, 0.25) is 0 Å². The molecule has 0 unspecified atom stereocenters. The second-order valence-corrected chi connectivity index (χ2v) is 8.91. The lowest BCUT2D eigenvalue weighted by molar-refractivity contribution is 0.0985. The second kappa shape index (κ2) is 11.8. The average Bonchev–Trinajstić information content (AvgIpc) is 3.20. The molecule has 172 valence electrons. The molecular formula is C25H33N3O3S. The van der Waals surface area contributed by atoms with E-state index in [1.54, 1.807) is 4.90 Å². The molecule has 0 spiro atoms. The van der Waals surface area contributed by atoms with Gasteiger partial charge in [0.25, 0.3) is 5.91 Å². The van der Waals surface area contributed by atoms with Crippen LogP contribution in [0.2, 0.25) is 0 Å². The molecule has 0 aliphatic carbocycles. The molecule has 0 aliphatic rings. The monoisotopic (exact) mass is 455 g/mol. The minimum atomic E-state index is -0.0613. The summed E-state index contributed by atoms with van der Waals surface area (Å²) in [5.74, 6) is 1.48. The van der Waals surface area contributed by atoms with Crippen molar-refractivity contribution in [2.24, 2.45) is 0 Å². The van der Waals surface area contributed by atoms with Gasteiger partial charge in [-0.25, -0.2) is 4.98 Å². The van der Waals surface area contributed by atoms with Gasteiger partial charge in [0.15, 0.2) is 5.13 Å². The Kier molecular flexibility index (Phi) is 8.88. The molecule has 1 amide bonds. The lowest BCUT2D eigenvalue weighted by Crippen LogP contribution is -2.33. The van der Waals surface area contributed by atoms with Crippen LogP contribution in [0.15, 0.2) is 42.5 Å². The summed E-state index contributed by atoms with van der Waals surface area (Å²) in [6.07, 6.45) is 2.91. The van der Waals surface area contributed by atoms with Crippen molar-refractivity contribution in [1.29, 1.82) is 0 Å². The van der Waals surface area contributed by atoms with E-state index in [4.69, 9.17) is 14.5 Å². The van der Waals surface area contributed by atoms with E-state index in [1.165, 1.54) is 11.3 Å². The van der Waals surface area contributed by atoms with Crippen LogP contribution in [0.1, 0.15) is 43.5 Å². The Balaban J connectivity index is 1.87. The molecule has 0 radical (unpaired) electrons. The number of nitrogens with zero attached hydrogens (tertiary/aromatic N) is 3. The third-order valence-corrected chi connectivity index (χ3v) is 6.01. The number of ether oxygens (including phenoxy) is 2. The standard InChI is InChI=1S/C25H33N3O3S/c1-5-7-16-31-20-11-8-10-19(17-20)24(29)28(15-9-14-27(3)4)25-26-22-13-12-21(30-6-2)18-23(22)32-25/h8,10-13,17-18H,5-7,9,14-16H2,1-4H3. The molecule has 1 aromatic heterocycles. The summed E-state index contributed by atoms with van der Waals surface area (Å²) in [6.45, 7) is 6.85. The Labute approximate surface area is 194 Å². The molecule has 0 saturated carbocycles. The molecular weight excluding hydrogens is 422 g/mol. The zero-order valence-electron chi connectivity index (χ0n) is 19.5. The highest BCUT2D eigenvalue weighted by atomic mass is 32.1. The number of carbonyl (C=O) groups excluding carboxylic acids is 1. The quantitative estimate of drug-likeness (QED) is 0.339. The largest absolute Gasteiger partial charge is 0.494 e. The molecule has 7 heteroatoms. The van der Waals surface area contributed by atoms with Crippen LogP contribution >= 0.6 is 11.3 Å². The van der Waals surface area contributed by atoms with Crippen LogP contribution in [0.5, 0.6) is 11.5 Å². The van der Waals surface area contributed by atoms with E-state index in [2.05, 4.69) is 11.8 Å². The van der Waals surface area contributed by atoms with Crippen molar-refractivity contribution in [3.63, 3.8) is 0 Å². The fourth-order valence-electron chi connectivity index (χ4n) is 3.30. The van der Waals surface area contributed by atoms with Crippen molar-refractivity contribution in [2.75, 3.05) is 45.3 Å². The predicted octanol–water partition coefficient (Wildman–Crippen LogP) is 5.47. The van der Waals surface area contributed by atoms with Gasteiger partial charge in [0.1, 0.15) is 11.5 Å². The summed E-state index contributed by atoms with van der Waals surface area (Å²) in [4.78, 5) is 22.2. The maximum Gasteiger partial charge on any atom is 0.260 e. The molecule has 0 bridgehead atoms. The first kappa shape index (κ1) is 24.0. The smallest absolute Gasteiger partial charge is 0.260 e. The highest BCUT2D eigenvalue weighted by molar-refractivity contribution is 7.22. The summed E-state index contributed by atoms with van der Waals surface area (Å²) in [5.41, 5.74) is 1.48. The van der Waals surface area contributed by atoms with Crippen molar-refractivity contribution < 1.29 is 14.3 Å². The van der Waals surface area contributed by atoms with Gasteiger partial charge in [0.05, 0.1) is 23.4 Å². The zero-order chi connectivity index (χ0) is 22.9. The highest BCUT2D eigenvalue weighted by Gasteiger charge is 2.22. The molecule has 0 N–H and O–H groups in total. The maximum absolute atomic E-state index is 13.5. The fraction of sp³-hybridized carbons (Fsp3) is 0.440. The number of carbonyl (C=O) groups is 1. The first-order valence-electron chi connectivity index (χ1n) is 11.2. The normalized spacial score (nSPS) is 11.2. The summed E-state index contributed by atoms with van der Waals surface area (Å²) in [5, 5.41) is 0.703. The average molecular weight is 456 g/mol. The first-order chi connectivity index (χ1) is 15.5. The van der Waals surface area contributed by atoms with Crippen molar-refractivity contribution >= 4 is 32.6 Å². The lowest BCUT2D eigenvalue weighted by atomic mass is 10.2. The number of hydrogen-bond acceptors (Lipinski definition) is 6. The van der Waals surface area contributed by atoms with E-state index in [-0.39, 0.29) is 5.91 Å². The highest BCUT2D eigenvalue weighted by Crippen LogP contribution is 2.32. The molecule has 0 atom stereocenters. The van der Waals surface area contributed by atoms with Gasteiger partial charge in [-0.05, 0) is 76.8 Å². The maximum atomic E-state index is 13.5. The van der Waals surface area contributed by atoms with Crippen LogP contribution in [0.3, 0.4) is 0 Å². The van der Waals surface area contributed by atoms with Gasteiger partial charge in [-0.15, -0.1) is 0 Å². The fourth-order valence-corrected chi connectivity index (χ4v) is 4.32. The van der Waals surface area contributed by atoms with E-state index >= 15 is 0 Å². The first-order valence-corrected chi connectivity index (χ1v) is 12.1. The lowest BCUT2D eigenvalue weighted by Gasteiger charge is -2.21. The Hall–Kier alpha value is -2.64. The number of rotatable bonds is 12. The predicted molar refractivity (Wildman–Crippen MR) is 132 cm³/mol. The Bertz CT molecular complexity index is 1020. The van der Waals surface area contributed by atoms with Gasteiger partial charge in [0, 0.05) is 12.1 Å². The van der Waals surface area contributed by atoms with Gasteiger partial charge >= 0.3 is 0 Å². The van der Waals surface area contributed by atoms with E-state index in [1.807, 2.05) is 63.5 Å². The number of fused-ring (bicyclic) bond motifs is 1. The minimum absolute atomic E-state index is 0.0613. The second-order valence-electron chi connectivity index (χ2n) is 7.90. The third kappa shape index (κ3) is 6.43. The van der Waals surface area contributed by atoms with Crippen LogP contribution in [-0.2, 0) is 0 Å². The van der Waals surface area contributed by atoms with Gasteiger partial charge in [-0.3, -0.25) is 9.69 Å². The Morgan fingerprint density at radius 1 is 1.00 bits per heavy atom. The number of benzene rings is 2. The number of thiazole rings is 1. The number of aromatic nitrogens is 1. The number of anilines is 1. The summed E-state index contributed by atoms with van der Waals surface area (Å²) >= 11 is 1.52. The van der Waals surface area contributed by atoms with E-state index < -0.39 is 0 Å². The molecule has 0 saturated heterocycles. The molecule has 6 nitrogen and oxygen atoms in total. The van der Waals surface area contributed by atoms with Crippen LogP contribution in [0.25, 0.3) is 10.2 Å². The molecule has 0 aliphatic heterocycles. The Morgan fingerprint density at radius 3 is 2.56 bits per heavy atom. The topological polar surface area (TPSA) is 54.9 Å². The van der Waals surface area contributed by atoms with Gasteiger partial charge < -0.3 is 14.4 Å². The molecule has 3 aromatic rings. The number of unbranched alkanes of at least 4 members (excludes halogenated alkanes) is 1. The van der Waals surface area contributed by atoms with Crippen molar-refractivity contribution in [2.45, 2.75) is 33.1 Å². The molecule has 2 aromatic carbocycles. The molecule has 1 heterocycles. The summed E-state index contributed by atoms with van der Waals surface area (Å²) in [7, 11) is 4.08. The Morgan fingerprint density at radius 2 is 1.81 bits per heavy atom. The van der Waals surface area contributed by atoms with E-state index in [0.29, 0.717) is 30.5 Å². The van der Waals surface area contributed by atoms with Crippen LogP contribution in [0, 0.1) is 0 Å². The van der Waals surface area contributed by atoms with Crippen molar-refractivity contribution in [3.8, 4) is 11.5 Å². The molecule has 3 rings (SSSR count). The van der Waals surface area contributed by atoms with Gasteiger partial charge in [-0.2, -0.15) is 0 Å². The van der Waals surface area contributed by atoms with E-state index in [9.17, 15) is 4.79 Å². The summed E-state index contributed by atoms with van der Waals surface area (Å²) in [6, 6.07) is 13.3. The van der Waals surface area contributed by atoms with Crippen LogP contribution in [0.4, 0.5) is 5.13 Å². The van der Waals surface area contributed by atoms with Crippen molar-refractivity contribution in [3.05, 3.63) is 48.0 Å².